The van der Waals surface area contributed by atoms with E-state index in [-0.39, 0.29) is 17.3 Å². The van der Waals surface area contributed by atoms with Gasteiger partial charge in [0.05, 0.1) is 15.9 Å². The molecule has 0 saturated carbocycles. The van der Waals surface area contributed by atoms with Gasteiger partial charge in [0.2, 0.25) is 0 Å². The molecular formula is C18H22N6O4. The molecule has 0 aliphatic carbocycles. The molecule has 3 heterocycles. The van der Waals surface area contributed by atoms with Crippen molar-refractivity contribution in [2.45, 2.75) is 51.0 Å². The highest BCUT2D eigenvalue weighted by Crippen LogP contribution is 2.36. The van der Waals surface area contributed by atoms with E-state index in [2.05, 4.69) is 14.8 Å². The SMILES string of the molecule is O=[N+]([O-])c1ccc(N2CCCC(c3nnc4n3CCCCC4)C2)c([N+](=O)[O-])c1. The zero-order valence-corrected chi connectivity index (χ0v) is 15.5. The van der Waals surface area contributed by atoms with Crippen LogP contribution in [0.5, 0.6) is 0 Å². The molecule has 1 saturated heterocycles. The van der Waals surface area contributed by atoms with Crippen LogP contribution in [0, 0.1) is 20.2 Å². The van der Waals surface area contributed by atoms with Gasteiger partial charge in [0, 0.05) is 38.0 Å². The average molecular weight is 386 g/mol. The summed E-state index contributed by atoms with van der Waals surface area (Å²) in [5, 5.41) is 31.3. The van der Waals surface area contributed by atoms with Gasteiger partial charge < -0.3 is 9.47 Å². The number of non-ortho nitro benzene ring substituents is 1. The maximum absolute atomic E-state index is 11.5. The van der Waals surface area contributed by atoms with E-state index in [1.807, 2.05) is 4.90 Å². The lowest BCUT2D eigenvalue weighted by Gasteiger charge is -2.33. The third-order valence-corrected chi connectivity index (χ3v) is 5.63. The molecule has 0 amide bonds. The molecule has 1 unspecified atom stereocenters. The van der Waals surface area contributed by atoms with Gasteiger partial charge in [0.1, 0.15) is 17.3 Å². The molecule has 10 nitrogen and oxygen atoms in total. The number of hydrogen-bond acceptors (Lipinski definition) is 7. The van der Waals surface area contributed by atoms with Crippen LogP contribution in [0.2, 0.25) is 0 Å². The molecule has 28 heavy (non-hydrogen) atoms. The molecule has 0 N–H and O–H groups in total. The number of aryl methyl sites for hydroxylation is 1. The fourth-order valence-electron chi connectivity index (χ4n) is 4.26. The second-order valence-corrected chi connectivity index (χ2v) is 7.41. The van der Waals surface area contributed by atoms with Crippen molar-refractivity contribution < 1.29 is 9.85 Å². The molecule has 0 radical (unpaired) electrons. The highest BCUT2D eigenvalue weighted by atomic mass is 16.6. The number of fused-ring (bicyclic) bond motifs is 1. The number of aromatic nitrogens is 3. The van der Waals surface area contributed by atoms with Gasteiger partial charge in [-0.2, -0.15) is 0 Å². The van der Waals surface area contributed by atoms with Crippen molar-refractivity contribution in [1.82, 2.24) is 14.8 Å². The average Bonchev–Trinajstić information content (AvgIpc) is 2.96. The Kier molecular flexibility index (Phi) is 4.93. The van der Waals surface area contributed by atoms with Gasteiger partial charge in [0.15, 0.2) is 0 Å². The first-order valence-electron chi connectivity index (χ1n) is 9.64. The number of nitro groups is 2. The fourth-order valence-corrected chi connectivity index (χ4v) is 4.26. The zero-order valence-electron chi connectivity index (χ0n) is 15.5. The van der Waals surface area contributed by atoms with Crippen molar-refractivity contribution in [3.63, 3.8) is 0 Å². The summed E-state index contributed by atoms with van der Waals surface area (Å²) >= 11 is 0. The minimum atomic E-state index is -0.610. The molecule has 2 aliphatic rings. The van der Waals surface area contributed by atoms with Crippen LogP contribution in [-0.4, -0.2) is 37.7 Å². The summed E-state index contributed by atoms with van der Waals surface area (Å²) in [6.07, 6.45) is 6.20. The van der Waals surface area contributed by atoms with Crippen LogP contribution in [0.15, 0.2) is 18.2 Å². The van der Waals surface area contributed by atoms with Crippen LogP contribution < -0.4 is 4.90 Å². The van der Waals surface area contributed by atoms with Crippen molar-refractivity contribution in [2.24, 2.45) is 0 Å². The van der Waals surface area contributed by atoms with E-state index in [0.29, 0.717) is 18.8 Å². The highest BCUT2D eigenvalue weighted by molar-refractivity contribution is 5.67. The lowest BCUT2D eigenvalue weighted by Crippen LogP contribution is -2.35. The maximum atomic E-state index is 11.5. The Morgan fingerprint density at radius 1 is 1.00 bits per heavy atom. The first kappa shape index (κ1) is 18.3. The van der Waals surface area contributed by atoms with E-state index >= 15 is 0 Å². The molecule has 1 fully saturated rings. The summed E-state index contributed by atoms with van der Waals surface area (Å²) < 4.78 is 2.23. The highest BCUT2D eigenvalue weighted by Gasteiger charge is 2.31. The van der Waals surface area contributed by atoms with Gasteiger partial charge in [0.25, 0.3) is 11.4 Å². The first-order chi connectivity index (χ1) is 13.5. The maximum Gasteiger partial charge on any atom is 0.299 e. The molecule has 1 aromatic heterocycles. The van der Waals surface area contributed by atoms with Crippen LogP contribution in [0.4, 0.5) is 17.1 Å². The van der Waals surface area contributed by atoms with E-state index in [1.54, 1.807) is 0 Å². The standard InChI is InChI=1S/C18H22N6O4/c25-23(26)14-7-8-15(16(11-14)24(27)28)21-9-4-5-13(12-21)18-20-19-17-6-2-1-3-10-22(17)18/h7-8,11,13H,1-6,9-10,12H2. The molecule has 148 valence electrons. The van der Waals surface area contributed by atoms with Crippen LogP contribution in [0.3, 0.4) is 0 Å². The van der Waals surface area contributed by atoms with Gasteiger partial charge in [-0.05, 0) is 31.7 Å². The van der Waals surface area contributed by atoms with E-state index in [1.165, 1.54) is 18.6 Å². The summed E-state index contributed by atoms with van der Waals surface area (Å²) in [6.45, 7) is 2.19. The van der Waals surface area contributed by atoms with Crippen molar-refractivity contribution in [3.05, 3.63) is 50.1 Å². The summed E-state index contributed by atoms with van der Waals surface area (Å²) in [6, 6.07) is 3.86. The van der Waals surface area contributed by atoms with Crippen LogP contribution in [0.1, 0.15) is 49.7 Å². The molecule has 10 heteroatoms. The monoisotopic (exact) mass is 386 g/mol. The van der Waals surface area contributed by atoms with Crippen LogP contribution >= 0.6 is 0 Å². The minimum Gasteiger partial charge on any atom is -0.365 e. The molecule has 1 aromatic carbocycles. The predicted molar refractivity (Wildman–Crippen MR) is 102 cm³/mol. The minimum absolute atomic E-state index is 0.142. The Hall–Kier alpha value is -3.04. The molecule has 0 bridgehead atoms. The molecule has 1 atom stereocenters. The number of nitrogens with zero attached hydrogens (tertiary/aromatic N) is 6. The normalized spacial score (nSPS) is 19.7. The number of anilines is 1. The third kappa shape index (κ3) is 3.41. The predicted octanol–water partition coefficient (Wildman–Crippen LogP) is 3.20. The Morgan fingerprint density at radius 2 is 1.86 bits per heavy atom. The number of rotatable bonds is 4. The summed E-state index contributed by atoms with van der Waals surface area (Å²) in [5.41, 5.74) is -0.0717. The Labute approximate surface area is 161 Å². The number of nitro benzene ring substituents is 2. The van der Waals surface area contributed by atoms with Crippen molar-refractivity contribution in [3.8, 4) is 0 Å². The lowest BCUT2D eigenvalue weighted by atomic mass is 9.96. The van der Waals surface area contributed by atoms with E-state index in [4.69, 9.17) is 0 Å². The fraction of sp³-hybridized carbons (Fsp3) is 0.556. The molecule has 2 aliphatic heterocycles. The number of piperidine rings is 1. The van der Waals surface area contributed by atoms with E-state index in [9.17, 15) is 20.2 Å². The smallest absolute Gasteiger partial charge is 0.299 e. The van der Waals surface area contributed by atoms with E-state index in [0.717, 1.165) is 56.4 Å². The number of hydrogen-bond donors (Lipinski definition) is 0. The van der Waals surface area contributed by atoms with Gasteiger partial charge in [-0.25, -0.2) is 0 Å². The Bertz CT molecular complexity index is 911. The second kappa shape index (κ2) is 7.53. The lowest BCUT2D eigenvalue weighted by molar-refractivity contribution is -0.393. The van der Waals surface area contributed by atoms with Crippen molar-refractivity contribution >= 4 is 17.1 Å². The summed E-state index contributed by atoms with van der Waals surface area (Å²) in [7, 11) is 0. The van der Waals surface area contributed by atoms with Gasteiger partial charge in [-0.3, -0.25) is 20.2 Å². The molecular weight excluding hydrogens is 364 g/mol. The number of benzene rings is 1. The largest absolute Gasteiger partial charge is 0.365 e. The summed E-state index contributed by atoms with van der Waals surface area (Å²) in [4.78, 5) is 23.3. The first-order valence-corrected chi connectivity index (χ1v) is 9.64. The Balaban J connectivity index is 1.62. The molecule has 0 spiro atoms. The summed E-state index contributed by atoms with van der Waals surface area (Å²) in [5.74, 6) is 2.14. The van der Waals surface area contributed by atoms with Crippen molar-refractivity contribution in [1.29, 1.82) is 0 Å². The van der Waals surface area contributed by atoms with Gasteiger partial charge >= 0.3 is 0 Å². The van der Waals surface area contributed by atoms with Gasteiger partial charge in [-0.1, -0.05) is 6.42 Å². The topological polar surface area (TPSA) is 120 Å². The molecule has 2 aromatic rings. The quantitative estimate of drug-likeness (QED) is 0.584. The van der Waals surface area contributed by atoms with Crippen molar-refractivity contribution in [2.75, 3.05) is 18.0 Å². The Morgan fingerprint density at radius 3 is 2.64 bits per heavy atom. The van der Waals surface area contributed by atoms with E-state index < -0.39 is 9.85 Å². The molecule has 4 rings (SSSR count). The van der Waals surface area contributed by atoms with Crippen LogP contribution in [0.25, 0.3) is 0 Å². The van der Waals surface area contributed by atoms with Crippen LogP contribution in [-0.2, 0) is 13.0 Å². The third-order valence-electron chi connectivity index (χ3n) is 5.63. The van der Waals surface area contributed by atoms with Gasteiger partial charge in [-0.15, -0.1) is 10.2 Å². The second-order valence-electron chi connectivity index (χ2n) is 7.41. The zero-order chi connectivity index (χ0) is 19.7.